The van der Waals surface area contributed by atoms with Gasteiger partial charge in [0, 0.05) is 35.8 Å². The van der Waals surface area contributed by atoms with E-state index in [1.165, 1.54) is 0 Å². The fourth-order valence-electron chi connectivity index (χ4n) is 3.95. The highest BCUT2D eigenvalue weighted by molar-refractivity contribution is 5.82. The molecule has 1 saturated heterocycles. The molecule has 35 heavy (non-hydrogen) atoms. The molecule has 2 aromatic heterocycles. The number of amides is 1. The first-order chi connectivity index (χ1) is 16.8. The molecule has 0 spiro atoms. The Labute approximate surface area is 203 Å². The molecule has 2 N–H and O–H groups in total. The van der Waals surface area contributed by atoms with E-state index in [2.05, 4.69) is 25.5 Å². The number of hydrogen-bond donors (Lipinski definition) is 2. The molecule has 0 radical (unpaired) electrons. The number of ether oxygens (including phenoxy) is 2. The lowest BCUT2D eigenvalue weighted by Crippen LogP contribution is -2.36. The maximum absolute atomic E-state index is 12.3. The monoisotopic (exact) mass is 472 g/mol. The van der Waals surface area contributed by atoms with E-state index in [9.17, 15) is 4.79 Å². The molecule has 1 aliphatic heterocycles. The van der Waals surface area contributed by atoms with E-state index in [1.54, 1.807) is 17.3 Å². The van der Waals surface area contributed by atoms with Crippen LogP contribution in [0, 0.1) is 0 Å². The van der Waals surface area contributed by atoms with Crippen LogP contribution >= 0.6 is 0 Å². The summed E-state index contributed by atoms with van der Waals surface area (Å²) < 4.78 is 11.6. The minimum absolute atomic E-state index is 0.0930. The number of hydrogen-bond acceptors (Lipinski definition) is 7. The summed E-state index contributed by atoms with van der Waals surface area (Å²) in [7, 11) is 0. The number of aromatic amines is 1. The van der Waals surface area contributed by atoms with E-state index < -0.39 is 5.60 Å². The van der Waals surface area contributed by atoms with Crippen molar-refractivity contribution in [3.63, 3.8) is 0 Å². The highest BCUT2D eigenvalue weighted by Crippen LogP contribution is 2.26. The lowest BCUT2D eigenvalue weighted by molar-refractivity contribution is 0.0275. The Hall–Kier alpha value is -4.14. The SMILES string of the molecule is CC(C)(C)OC(=O)N1CCC(Oc2cccc(-c3nccc(Nc4ccc5[nH]ncc5c4)n3)c2)C1. The molecule has 0 aliphatic carbocycles. The molecule has 1 aliphatic rings. The highest BCUT2D eigenvalue weighted by Gasteiger charge is 2.30. The fourth-order valence-corrected chi connectivity index (χ4v) is 3.95. The number of carbonyl (C=O) groups excluding carboxylic acids is 1. The number of anilines is 2. The zero-order chi connectivity index (χ0) is 24.4. The van der Waals surface area contributed by atoms with Gasteiger partial charge >= 0.3 is 6.09 Å². The molecule has 5 rings (SSSR count). The molecule has 4 aromatic rings. The third kappa shape index (κ3) is 5.51. The predicted molar refractivity (Wildman–Crippen MR) is 134 cm³/mol. The second kappa shape index (κ2) is 9.25. The van der Waals surface area contributed by atoms with Gasteiger partial charge in [-0.3, -0.25) is 5.10 Å². The Morgan fingerprint density at radius 3 is 2.91 bits per heavy atom. The summed E-state index contributed by atoms with van der Waals surface area (Å²) in [6.07, 6.45) is 3.87. The average molecular weight is 473 g/mol. The van der Waals surface area contributed by atoms with Crippen molar-refractivity contribution >= 4 is 28.5 Å². The standard InChI is InChI=1S/C26H28N6O3/c1-26(2,3)35-25(33)32-12-10-21(16-32)34-20-6-4-5-17(14-20)24-27-11-9-23(30-24)29-19-7-8-22-18(13-19)15-28-31-22/h4-9,11,13-15,21H,10,12,16H2,1-3H3,(H,28,31)(H,27,29,30). The van der Waals surface area contributed by atoms with Crippen LogP contribution in [0.4, 0.5) is 16.3 Å². The van der Waals surface area contributed by atoms with Gasteiger partial charge in [-0.1, -0.05) is 12.1 Å². The van der Waals surface area contributed by atoms with E-state index in [0.29, 0.717) is 30.5 Å². The van der Waals surface area contributed by atoms with Crippen molar-refractivity contribution in [3.8, 4) is 17.1 Å². The fraction of sp³-hybridized carbons (Fsp3) is 0.308. The molecular weight excluding hydrogens is 444 g/mol. The Bertz CT molecular complexity index is 1350. The summed E-state index contributed by atoms with van der Waals surface area (Å²) in [5, 5.41) is 11.4. The predicted octanol–water partition coefficient (Wildman–Crippen LogP) is 5.15. The molecule has 1 fully saturated rings. The summed E-state index contributed by atoms with van der Waals surface area (Å²) in [5.74, 6) is 1.99. The maximum Gasteiger partial charge on any atom is 0.410 e. The number of likely N-dealkylation sites (tertiary alicyclic amines) is 1. The molecule has 0 saturated carbocycles. The van der Waals surface area contributed by atoms with E-state index in [0.717, 1.165) is 28.6 Å². The van der Waals surface area contributed by atoms with Crippen LogP contribution in [0.15, 0.2) is 60.9 Å². The summed E-state index contributed by atoms with van der Waals surface area (Å²) >= 11 is 0. The largest absolute Gasteiger partial charge is 0.488 e. The second-order valence-corrected chi connectivity index (χ2v) is 9.55. The number of H-pyrrole nitrogens is 1. The summed E-state index contributed by atoms with van der Waals surface area (Å²) in [5.41, 5.74) is 2.22. The summed E-state index contributed by atoms with van der Waals surface area (Å²) in [6, 6.07) is 15.5. The summed E-state index contributed by atoms with van der Waals surface area (Å²) in [6.45, 7) is 6.71. The normalized spacial score (nSPS) is 15.9. The number of nitrogens with zero attached hydrogens (tertiary/aromatic N) is 4. The van der Waals surface area contributed by atoms with Gasteiger partial charge < -0.3 is 19.7 Å². The van der Waals surface area contributed by atoms with Gasteiger partial charge in [0.25, 0.3) is 0 Å². The molecular formula is C26H28N6O3. The first kappa shape index (κ1) is 22.6. The third-order valence-electron chi connectivity index (χ3n) is 5.56. The molecule has 1 unspecified atom stereocenters. The highest BCUT2D eigenvalue weighted by atomic mass is 16.6. The van der Waals surface area contributed by atoms with Crippen LogP contribution in [0.3, 0.4) is 0 Å². The van der Waals surface area contributed by atoms with Crippen molar-refractivity contribution in [2.45, 2.75) is 38.9 Å². The Kier molecular flexibility index (Phi) is 5.98. The number of carbonyl (C=O) groups is 1. The topological polar surface area (TPSA) is 105 Å². The van der Waals surface area contributed by atoms with Gasteiger partial charge in [-0.15, -0.1) is 0 Å². The van der Waals surface area contributed by atoms with E-state index in [4.69, 9.17) is 9.47 Å². The van der Waals surface area contributed by atoms with Gasteiger partial charge in [-0.05, 0) is 57.2 Å². The van der Waals surface area contributed by atoms with Crippen LogP contribution in [0.25, 0.3) is 22.3 Å². The number of aromatic nitrogens is 4. The Morgan fingerprint density at radius 2 is 2.06 bits per heavy atom. The van der Waals surface area contributed by atoms with Crippen molar-refractivity contribution in [2.24, 2.45) is 0 Å². The van der Waals surface area contributed by atoms with Gasteiger partial charge in [0.05, 0.1) is 18.3 Å². The Balaban J connectivity index is 1.25. The average Bonchev–Trinajstić information content (AvgIpc) is 3.48. The molecule has 1 amide bonds. The van der Waals surface area contributed by atoms with Crippen molar-refractivity contribution in [2.75, 3.05) is 18.4 Å². The van der Waals surface area contributed by atoms with Crippen molar-refractivity contribution < 1.29 is 14.3 Å². The minimum atomic E-state index is -0.514. The van der Waals surface area contributed by atoms with Gasteiger partial charge in [0.2, 0.25) is 0 Å². The van der Waals surface area contributed by atoms with Crippen LogP contribution in [-0.4, -0.2) is 56.0 Å². The first-order valence-corrected chi connectivity index (χ1v) is 11.6. The zero-order valence-electron chi connectivity index (χ0n) is 20.0. The molecule has 1 atom stereocenters. The smallest absolute Gasteiger partial charge is 0.410 e. The van der Waals surface area contributed by atoms with Crippen LogP contribution in [0.1, 0.15) is 27.2 Å². The number of benzene rings is 2. The minimum Gasteiger partial charge on any atom is -0.488 e. The molecule has 180 valence electrons. The van der Waals surface area contributed by atoms with E-state index >= 15 is 0 Å². The molecule has 9 nitrogen and oxygen atoms in total. The lowest BCUT2D eigenvalue weighted by atomic mass is 10.2. The second-order valence-electron chi connectivity index (χ2n) is 9.55. The Morgan fingerprint density at radius 1 is 1.17 bits per heavy atom. The van der Waals surface area contributed by atoms with E-state index in [-0.39, 0.29) is 12.2 Å². The van der Waals surface area contributed by atoms with Crippen molar-refractivity contribution in [1.82, 2.24) is 25.1 Å². The third-order valence-corrected chi connectivity index (χ3v) is 5.56. The molecule has 2 aromatic carbocycles. The number of rotatable bonds is 5. The van der Waals surface area contributed by atoms with Gasteiger partial charge in [0.15, 0.2) is 5.82 Å². The molecule has 0 bridgehead atoms. The molecule has 9 heteroatoms. The van der Waals surface area contributed by atoms with Crippen LogP contribution in [0.2, 0.25) is 0 Å². The van der Waals surface area contributed by atoms with Gasteiger partial charge in [-0.2, -0.15) is 5.10 Å². The number of fused-ring (bicyclic) bond motifs is 1. The number of nitrogens with one attached hydrogen (secondary N) is 2. The summed E-state index contributed by atoms with van der Waals surface area (Å²) in [4.78, 5) is 23.1. The van der Waals surface area contributed by atoms with Crippen LogP contribution in [0.5, 0.6) is 5.75 Å². The van der Waals surface area contributed by atoms with Gasteiger partial charge in [-0.25, -0.2) is 14.8 Å². The molecule has 3 heterocycles. The van der Waals surface area contributed by atoms with Crippen LogP contribution < -0.4 is 10.1 Å². The van der Waals surface area contributed by atoms with E-state index in [1.807, 2.05) is 69.3 Å². The quantitative estimate of drug-likeness (QED) is 0.414. The maximum atomic E-state index is 12.3. The zero-order valence-corrected chi connectivity index (χ0v) is 20.0. The van der Waals surface area contributed by atoms with Crippen molar-refractivity contribution in [3.05, 3.63) is 60.9 Å². The van der Waals surface area contributed by atoms with Crippen LogP contribution in [-0.2, 0) is 4.74 Å². The van der Waals surface area contributed by atoms with Gasteiger partial charge in [0.1, 0.15) is 23.3 Å². The first-order valence-electron chi connectivity index (χ1n) is 11.6. The lowest BCUT2D eigenvalue weighted by Gasteiger charge is -2.24. The van der Waals surface area contributed by atoms with Crippen molar-refractivity contribution in [1.29, 1.82) is 0 Å².